The van der Waals surface area contributed by atoms with E-state index in [9.17, 15) is 4.79 Å². The average molecular weight is 259 g/mol. The molecule has 8 heteroatoms. The zero-order chi connectivity index (χ0) is 13.1. The van der Waals surface area contributed by atoms with Gasteiger partial charge >= 0.3 is 0 Å². The zero-order valence-electron chi connectivity index (χ0n) is 10.2. The van der Waals surface area contributed by atoms with Crippen LogP contribution in [0.25, 0.3) is 0 Å². The summed E-state index contributed by atoms with van der Waals surface area (Å²) in [6.07, 6.45) is 4.02. The third-order valence-corrected chi connectivity index (χ3v) is 2.99. The van der Waals surface area contributed by atoms with Crippen LogP contribution >= 0.6 is 0 Å². The molecule has 3 rings (SSSR count). The van der Waals surface area contributed by atoms with E-state index in [2.05, 4.69) is 35.8 Å². The SMILES string of the molecule is O=C(Nc1cccnc1N1CCCC1)c1nn[nH]n1. The minimum absolute atomic E-state index is 0.0104. The molecule has 1 fully saturated rings. The van der Waals surface area contributed by atoms with E-state index in [1.165, 1.54) is 0 Å². The van der Waals surface area contributed by atoms with Crippen LogP contribution in [0, 0.1) is 0 Å². The molecule has 0 spiro atoms. The van der Waals surface area contributed by atoms with Gasteiger partial charge in [0.1, 0.15) is 0 Å². The van der Waals surface area contributed by atoms with Crippen molar-refractivity contribution in [1.82, 2.24) is 25.6 Å². The van der Waals surface area contributed by atoms with Crippen LogP contribution in [0.5, 0.6) is 0 Å². The largest absolute Gasteiger partial charge is 0.355 e. The molecule has 1 saturated heterocycles. The number of carbonyl (C=O) groups excluding carboxylic acids is 1. The molecule has 19 heavy (non-hydrogen) atoms. The van der Waals surface area contributed by atoms with Crippen LogP contribution in [0.2, 0.25) is 0 Å². The smallest absolute Gasteiger partial charge is 0.297 e. The first kappa shape index (κ1) is 11.6. The molecule has 0 unspecified atom stereocenters. The Hall–Kier alpha value is -2.51. The van der Waals surface area contributed by atoms with Crippen LogP contribution in [0.3, 0.4) is 0 Å². The first-order valence-electron chi connectivity index (χ1n) is 6.09. The molecule has 1 amide bonds. The van der Waals surface area contributed by atoms with Gasteiger partial charge < -0.3 is 10.2 Å². The van der Waals surface area contributed by atoms with Crippen molar-refractivity contribution in [2.75, 3.05) is 23.3 Å². The number of hydrogen-bond acceptors (Lipinski definition) is 6. The topological polar surface area (TPSA) is 99.7 Å². The fourth-order valence-corrected chi connectivity index (χ4v) is 2.11. The number of aromatic amines is 1. The van der Waals surface area contributed by atoms with Crippen LogP contribution in [0.4, 0.5) is 11.5 Å². The molecule has 0 atom stereocenters. The Morgan fingerprint density at radius 1 is 1.37 bits per heavy atom. The molecule has 0 aliphatic carbocycles. The molecule has 0 aromatic carbocycles. The van der Waals surface area contributed by atoms with E-state index >= 15 is 0 Å². The number of carbonyl (C=O) groups is 1. The summed E-state index contributed by atoms with van der Waals surface area (Å²) in [7, 11) is 0. The van der Waals surface area contributed by atoms with Crippen molar-refractivity contribution in [3.8, 4) is 0 Å². The Balaban J connectivity index is 1.82. The lowest BCUT2D eigenvalue weighted by Gasteiger charge is -2.19. The summed E-state index contributed by atoms with van der Waals surface area (Å²) in [6, 6.07) is 3.60. The van der Waals surface area contributed by atoms with E-state index in [0.29, 0.717) is 5.69 Å². The third-order valence-electron chi connectivity index (χ3n) is 2.99. The highest BCUT2D eigenvalue weighted by Crippen LogP contribution is 2.26. The Labute approximate surface area is 109 Å². The lowest BCUT2D eigenvalue weighted by molar-refractivity contribution is 0.101. The molecular weight excluding hydrogens is 246 g/mol. The van der Waals surface area contributed by atoms with Gasteiger partial charge in [0.2, 0.25) is 0 Å². The van der Waals surface area contributed by atoms with Gasteiger partial charge in [-0.3, -0.25) is 4.79 Å². The summed E-state index contributed by atoms with van der Waals surface area (Å²) in [4.78, 5) is 18.4. The summed E-state index contributed by atoms with van der Waals surface area (Å²) in [5, 5.41) is 15.7. The first-order valence-corrected chi connectivity index (χ1v) is 6.09. The summed E-state index contributed by atoms with van der Waals surface area (Å²) in [6.45, 7) is 1.92. The minimum atomic E-state index is -0.401. The summed E-state index contributed by atoms with van der Waals surface area (Å²) in [5.74, 6) is 0.398. The molecule has 1 aliphatic rings. The van der Waals surface area contributed by atoms with E-state index in [1.54, 1.807) is 12.3 Å². The number of hydrogen-bond donors (Lipinski definition) is 2. The van der Waals surface area contributed by atoms with E-state index in [0.717, 1.165) is 31.7 Å². The monoisotopic (exact) mass is 259 g/mol. The third kappa shape index (κ3) is 2.37. The highest BCUT2D eigenvalue weighted by atomic mass is 16.2. The number of H-pyrrole nitrogens is 1. The minimum Gasteiger partial charge on any atom is -0.355 e. The van der Waals surface area contributed by atoms with E-state index < -0.39 is 5.91 Å². The van der Waals surface area contributed by atoms with Gasteiger partial charge in [-0.05, 0) is 30.2 Å². The first-order chi connectivity index (χ1) is 9.34. The summed E-state index contributed by atoms with van der Waals surface area (Å²) >= 11 is 0. The Bertz CT molecular complexity index is 562. The molecule has 8 nitrogen and oxygen atoms in total. The van der Waals surface area contributed by atoms with Gasteiger partial charge in [0.25, 0.3) is 11.7 Å². The Morgan fingerprint density at radius 2 is 2.21 bits per heavy atom. The normalized spacial score (nSPS) is 14.6. The Morgan fingerprint density at radius 3 is 2.95 bits per heavy atom. The number of rotatable bonds is 3. The van der Waals surface area contributed by atoms with Gasteiger partial charge in [-0.1, -0.05) is 0 Å². The number of nitrogens with one attached hydrogen (secondary N) is 2. The fraction of sp³-hybridized carbons (Fsp3) is 0.364. The van der Waals surface area contributed by atoms with Crippen molar-refractivity contribution in [3.63, 3.8) is 0 Å². The molecule has 98 valence electrons. The van der Waals surface area contributed by atoms with Crippen molar-refractivity contribution in [2.24, 2.45) is 0 Å². The van der Waals surface area contributed by atoms with Crippen molar-refractivity contribution in [2.45, 2.75) is 12.8 Å². The zero-order valence-corrected chi connectivity index (χ0v) is 10.2. The number of amides is 1. The molecule has 2 N–H and O–H groups in total. The Kier molecular flexibility index (Phi) is 3.05. The van der Waals surface area contributed by atoms with Crippen LogP contribution in [0.15, 0.2) is 18.3 Å². The second kappa shape index (κ2) is 5.01. The van der Waals surface area contributed by atoms with Gasteiger partial charge in [-0.15, -0.1) is 10.2 Å². The van der Waals surface area contributed by atoms with Gasteiger partial charge in [0.15, 0.2) is 5.82 Å². The number of tetrazole rings is 1. The molecule has 0 bridgehead atoms. The standard InChI is InChI=1S/C11H13N7O/c19-11(9-14-16-17-15-9)13-8-4-3-5-12-10(8)18-6-1-2-7-18/h3-5H,1-2,6-7H2,(H,13,19)(H,14,15,16,17). The van der Waals surface area contributed by atoms with Crippen LogP contribution in [-0.2, 0) is 0 Å². The van der Waals surface area contributed by atoms with Crippen molar-refractivity contribution >= 4 is 17.4 Å². The lowest BCUT2D eigenvalue weighted by atomic mass is 10.3. The second-order valence-electron chi connectivity index (χ2n) is 4.26. The van der Waals surface area contributed by atoms with Crippen molar-refractivity contribution in [1.29, 1.82) is 0 Å². The van der Waals surface area contributed by atoms with E-state index in [1.807, 2.05) is 6.07 Å². The van der Waals surface area contributed by atoms with Crippen LogP contribution < -0.4 is 10.2 Å². The number of anilines is 2. The van der Waals surface area contributed by atoms with Crippen LogP contribution in [0.1, 0.15) is 23.5 Å². The second-order valence-corrected chi connectivity index (χ2v) is 4.26. The fourth-order valence-electron chi connectivity index (χ4n) is 2.11. The summed E-state index contributed by atoms with van der Waals surface area (Å²) in [5.41, 5.74) is 0.666. The number of nitrogens with zero attached hydrogens (tertiary/aromatic N) is 5. The number of pyridine rings is 1. The lowest BCUT2D eigenvalue weighted by Crippen LogP contribution is -2.22. The molecule has 3 heterocycles. The van der Waals surface area contributed by atoms with Crippen LogP contribution in [-0.4, -0.2) is 44.6 Å². The van der Waals surface area contributed by atoms with Gasteiger partial charge in [0.05, 0.1) is 5.69 Å². The van der Waals surface area contributed by atoms with Crippen molar-refractivity contribution < 1.29 is 4.79 Å². The average Bonchev–Trinajstić information content (AvgIpc) is 3.13. The predicted octanol–water partition coefficient (Wildman–Crippen LogP) is 0.447. The highest BCUT2D eigenvalue weighted by Gasteiger charge is 2.19. The van der Waals surface area contributed by atoms with E-state index in [-0.39, 0.29) is 5.82 Å². The number of aromatic nitrogens is 5. The maximum atomic E-state index is 11.9. The predicted molar refractivity (Wildman–Crippen MR) is 67.8 cm³/mol. The van der Waals surface area contributed by atoms with Gasteiger partial charge in [0, 0.05) is 19.3 Å². The summed E-state index contributed by atoms with van der Waals surface area (Å²) < 4.78 is 0. The van der Waals surface area contributed by atoms with Gasteiger partial charge in [-0.2, -0.15) is 5.21 Å². The molecule has 1 aliphatic heterocycles. The maximum absolute atomic E-state index is 11.9. The maximum Gasteiger partial charge on any atom is 0.297 e. The highest BCUT2D eigenvalue weighted by molar-refractivity contribution is 6.02. The quantitative estimate of drug-likeness (QED) is 0.830. The molecule has 2 aromatic rings. The molecule has 0 saturated carbocycles. The van der Waals surface area contributed by atoms with Crippen molar-refractivity contribution in [3.05, 3.63) is 24.2 Å². The molecule has 2 aromatic heterocycles. The van der Waals surface area contributed by atoms with E-state index in [4.69, 9.17) is 0 Å². The molecule has 0 radical (unpaired) electrons. The van der Waals surface area contributed by atoms with Gasteiger partial charge in [-0.25, -0.2) is 4.98 Å². The molecular formula is C11H13N7O.